The molecular formula is C16H21F2N3O. The van der Waals surface area contributed by atoms with Crippen molar-refractivity contribution in [1.29, 1.82) is 0 Å². The minimum atomic E-state index is -0.897. The van der Waals surface area contributed by atoms with E-state index in [0.717, 1.165) is 31.4 Å². The lowest BCUT2D eigenvalue weighted by Gasteiger charge is -2.27. The molecule has 1 aromatic rings. The molecule has 4 atom stereocenters. The van der Waals surface area contributed by atoms with Crippen molar-refractivity contribution < 1.29 is 13.6 Å². The van der Waals surface area contributed by atoms with E-state index in [1.807, 2.05) is 0 Å². The highest BCUT2D eigenvalue weighted by molar-refractivity contribution is 5.83. The number of benzene rings is 1. The van der Waals surface area contributed by atoms with Gasteiger partial charge in [-0.2, -0.15) is 0 Å². The van der Waals surface area contributed by atoms with Crippen molar-refractivity contribution in [2.75, 3.05) is 0 Å². The highest BCUT2D eigenvalue weighted by Crippen LogP contribution is 2.30. The summed E-state index contributed by atoms with van der Waals surface area (Å²) in [6.07, 6.45) is 4.45. The van der Waals surface area contributed by atoms with E-state index in [0.29, 0.717) is 17.5 Å². The summed E-state index contributed by atoms with van der Waals surface area (Å²) in [6.45, 7) is 1.77. The number of amides is 1. The third-order valence-corrected chi connectivity index (χ3v) is 4.76. The van der Waals surface area contributed by atoms with Crippen molar-refractivity contribution in [2.45, 2.75) is 50.7 Å². The third kappa shape index (κ3) is 2.98. The van der Waals surface area contributed by atoms with Gasteiger partial charge in [-0.15, -0.1) is 0 Å². The summed E-state index contributed by atoms with van der Waals surface area (Å²) >= 11 is 0. The maximum Gasteiger partial charge on any atom is 0.239 e. The van der Waals surface area contributed by atoms with E-state index < -0.39 is 11.6 Å². The average molecular weight is 309 g/mol. The van der Waals surface area contributed by atoms with Gasteiger partial charge in [0, 0.05) is 12.0 Å². The number of hydrogen-bond donors (Lipinski definition) is 3. The van der Waals surface area contributed by atoms with Crippen molar-refractivity contribution in [3.8, 4) is 0 Å². The number of hydrazine groups is 1. The molecule has 0 spiro atoms. The molecule has 1 amide bonds. The van der Waals surface area contributed by atoms with Gasteiger partial charge in [-0.1, -0.05) is 18.9 Å². The summed E-state index contributed by atoms with van der Waals surface area (Å²) in [5, 5.41) is 2.89. The molecule has 6 heteroatoms. The molecule has 0 radical (unpaired) electrons. The first-order valence-corrected chi connectivity index (χ1v) is 7.82. The summed E-state index contributed by atoms with van der Waals surface area (Å²) in [6, 6.07) is 3.42. The molecule has 3 N–H and O–H groups in total. The van der Waals surface area contributed by atoms with E-state index in [2.05, 4.69) is 16.2 Å². The standard InChI is InChI=1S/C16H21F2N3O/c1-9(10-6-7-12(17)13(18)8-10)19-16(22)15-11-4-2-3-5-14(11)20-21-15/h6-9,11,14-15,20-21H,2-5H2,1H3,(H,19,22). The first-order chi connectivity index (χ1) is 10.6. The van der Waals surface area contributed by atoms with Crippen LogP contribution < -0.4 is 16.2 Å². The van der Waals surface area contributed by atoms with E-state index >= 15 is 0 Å². The zero-order chi connectivity index (χ0) is 15.7. The number of carbonyl (C=O) groups excluding carboxylic acids is 1. The molecule has 1 aromatic carbocycles. The van der Waals surface area contributed by atoms with E-state index in [-0.39, 0.29) is 18.0 Å². The number of rotatable bonds is 3. The molecule has 1 saturated carbocycles. The molecule has 0 bridgehead atoms. The Labute approximate surface area is 128 Å². The molecule has 3 rings (SSSR count). The molecule has 1 aliphatic carbocycles. The maximum atomic E-state index is 13.3. The topological polar surface area (TPSA) is 53.2 Å². The number of nitrogens with one attached hydrogen (secondary N) is 3. The highest BCUT2D eigenvalue weighted by Gasteiger charge is 2.41. The van der Waals surface area contributed by atoms with Gasteiger partial charge in [-0.25, -0.2) is 14.2 Å². The van der Waals surface area contributed by atoms with Crippen LogP contribution in [0.3, 0.4) is 0 Å². The van der Waals surface area contributed by atoms with Crippen molar-refractivity contribution in [1.82, 2.24) is 16.2 Å². The summed E-state index contributed by atoms with van der Waals surface area (Å²) < 4.78 is 26.3. The zero-order valence-electron chi connectivity index (χ0n) is 12.5. The minimum Gasteiger partial charge on any atom is -0.348 e. The molecule has 4 nitrogen and oxygen atoms in total. The van der Waals surface area contributed by atoms with Gasteiger partial charge in [-0.05, 0) is 37.5 Å². The van der Waals surface area contributed by atoms with Crippen LogP contribution in [0.4, 0.5) is 8.78 Å². The number of carbonyl (C=O) groups is 1. The molecular weight excluding hydrogens is 288 g/mol. The van der Waals surface area contributed by atoms with Crippen LogP contribution in [0.1, 0.15) is 44.2 Å². The first-order valence-electron chi connectivity index (χ1n) is 7.82. The lowest BCUT2D eigenvalue weighted by molar-refractivity contribution is -0.124. The molecule has 0 aromatic heterocycles. The van der Waals surface area contributed by atoms with E-state index in [1.54, 1.807) is 6.92 Å². The summed E-state index contributed by atoms with van der Waals surface area (Å²) in [5.41, 5.74) is 6.83. The Bertz CT molecular complexity index is 566. The van der Waals surface area contributed by atoms with E-state index in [1.165, 1.54) is 12.5 Å². The largest absolute Gasteiger partial charge is 0.348 e. The Hall–Kier alpha value is -1.53. The molecule has 1 aliphatic heterocycles. The van der Waals surface area contributed by atoms with Gasteiger partial charge >= 0.3 is 0 Å². The van der Waals surface area contributed by atoms with Crippen LogP contribution in [-0.2, 0) is 4.79 Å². The van der Waals surface area contributed by atoms with Crippen LogP contribution in [0.15, 0.2) is 18.2 Å². The number of hydrogen-bond acceptors (Lipinski definition) is 3. The van der Waals surface area contributed by atoms with Crippen molar-refractivity contribution in [3.63, 3.8) is 0 Å². The summed E-state index contributed by atoms with van der Waals surface area (Å²) in [7, 11) is 0. The van der Waals surface area contributed by atoms with Gasteiger partial charge in [-0.3, -0.25) is 10.2 Å². The second kappa shape index (κ2) is 6.30. The zero-order valence-corrected chi connectivity index (χ0v) is 12.5. The fraction of sp³-hybridized carbons (Fsp3) is 0.562. The van der Waals surface area contributed by atoms with Crippen molar-refractivity contribution in [2.24, 2.45) is 5.92 Å². The van der Waals surface area contributed by atoms with Crippen LogP contribution in [0.5, 0.6) is 0 Å². The highest BCUT2D eigenvalue weighted by atomic mass is 19.2. The minimum absolute atomic E-state index is 0.0980. The van der Waals surface area contributed by atoms with Crippen LogP contribution >= 0.6 is 0 Å². The smallest absolute Gasteiger partial charge is 0.239 e. The fourth-order valence-electron chi connectivity index (χ4n) is 3.47. The summed E-state index contributed by atoms with van der Waals surface area (Å²) in [5.74, 6) is -1.58. The SMILES string of the molecule is CC(NC(=O)C1NNC2CCCCC21)c1ccc(F)c(F)c1. The lowest BCUT2D eigenvalue weighted by atomic mass is 9.81. The van der Waals surface area contributed by atoms with Crippen molar-refractivity contribution in [3.05, 3.63) is 35.4 Å². The first kappa shape index (κ1) is 15.4. The Morgan fingerprint density at radius 3 is 2.77 bits per heavy atom. The van der Waals surface area contributed by atoms with Gasteiger partial charge in [0.1, 0.15) is 6.04 Å². The predicted octanol–water partition coefficient (Wildman–Crippen LogP) is 2.18. The van der Waals surface area contributed by atoms with Gasteiger partial charge in [0.2, 0.25) is 5.91 Å². The second-order valence-electron chi connectivity index (χ2n) is 6.22. The third-order valence-electron chi connectivity index (χ3n) is 4.76. The van der Waals surface area contributed by atoms with Gasteiger partial charge in [0.15, 0.2) is 11.6 Å². The molecule has 120 valence electrons. The van der Waals surface area contributed by atoms with Crippen LogP contribution in [0.25, 0.3) is 0 Å². The quantitative estimate of drug-likeness (QED) is 0.802. The maximum absolute atomic E-state index is 13.3. The molecule has 4 unspecified atom stereocenters. The Balaban J connectivity index is 1.64. The fourth-order valence-corrected chi connectivity index (χ4v) is 3.47. The molecule has 22 heavy (non-hydrogen) atoms. The Kier molecular flexibility index (Phi) is 4.40. The Morgan fingerprint density at radius 2 is 2.00 bits per heavy atom. The van der Waals surface area contributed by atoms with Crippen molar-refractivity contribution >= 4 is 5.91 Å². The van der Waals surface area contributed by atoms with Gasteiger partial charge < -0.3 is 5.32 Å². The lowest BCUT2D eigenvalue weighted by Crippen LogP contribution is -2.46. The normalized spacial score (nSPS) is 29.0. The monoisotopic (exact) mass is 309 g/mol. The second-order valence-corrected chi connectivity index (χ2v) is 6.22. The Morgan fingerprint density at radius 1 is 1.23 bits per heavy atom. The van der Waals surface area contributed by atoms with Gasteiger partial charge in [0.25, 0.3) is 0 Å². The molecule has 1 heterocycles. The molecule has 1 saturated heterocycles. The number of fused-ring (bicyclic) bond motifs is 1. The average Bonchev–Trinajstić information content (AvgIpc) is 2.94. The molecule has 2 aliphatic rings. The van der Waals surface area contributed by atoms with E-state index in [4.69, 9.17) is 0 Å². The van der Waals surface area contributed by atoms with Crippen LogP contribution in [0.2, 0.25) is 0 Å². The van der Waals surface area contributed by atoms with Crippen LogP contribution in [0, 0.1) is 17.6 Å². The predicted molar refractivity (Wildman–Crippen MR) is 78.7 cm³/mol. The molecule has 2 fully saturated rings. The number of halogens is 2. The van der Waals surface area contributed by atoms with Crippen LogP contribution in [-0.4, -0.2) is 18.0 Å². The van der Waals surface area contributed by atoms with E-state index in [9.17, 15) is 13.6 Å². The summed E-state index contributed by atoms with van der Waals surface area (Å²) in [4.78, 5) is 12.5. The van der Waals surface area contributed by atoms with Gasteiger partial charge in [0.05, 0.1) is 6.04 Å².